The third kappa shape index (κ3) is 3.89. The van der Waals surface area contributed by atoms with Gasteiger partial charge in [-0.3, -0.25) is 14.5 Å². The molecule has 1 aliphatic rings. The van der Waals surface area contributed by atoms with Gasteiger partial charge in [-0.15, -0.1) is 0 Å². The van der Waals surface area contributed by atoms with Crippen molar-refractivity contribution < 1.29 is 18.7 Å². The summed E-state index contributed by atoms with van der Waals surface area (Å²) in [6.45, 7) is 8.01. The molecule has 1 aromatic heterocycles. The number of amides is 1. The predicted octanol–water partition coefficient (Wildman–Crippen LogP) is 6.50. The van der Waals surface area contributed by atoms with Crippen molar-refractivity contribution in [1.29, 1.82) is 0 Å². The molecule has 0 spiro atoms. The molecule has 0 N–H and O–H groups in total. The van der Waals surface area contributed by atoms with Crippen LogP contribution in [0.5, 0.6) is 11.5 Å². The molecule has 1 aliphatic heterocycles. The molecule has 36 heavy (non-hydrogen) atoms. The fraction of sp³-hybridized carbons (Fsp3) is 0.172. The van der Waals surface area contributed by atoms with Crippen LogP contribution in [-0.2, 0) is 0 Å². The molecule has 2 heterocycles. The standard InChI is InChI=1S/C29H24BrNO5/c1-5-12-35-23-10-7-18(14-24(23)34-4)26-25-27(32)21-15-19(30)8-11-22(21)36-28(25)29(33)31(26)20-9-6-16(2)17(3)13-20/h5-11,13-15,26H,1,12H2,2-4H3. The highest BCUT2D eigenvalue weighted by Gasteiger charge is 2.44. The Morgan fingerprint density at radius 2 is 1.83 bits per heavy atom. The number of nitrogens with zero attached hydrogens (tertiary/aromatic N) is 1. The second-order valence-corrected chi connectivity index (χ2v) is 9.59. The molecule has 3 aromatic carbocycles. The molecule has 182 valence electrons. The average Bonchev–Trinajstić information content (AvgIpc) is 3.17. The number of hydrogen-bond acceptors (Lipinski definition) is 5. The van der Waals surface area contributed by atoms with E-state index in [4.69, 9.17) is 13.9 Å². The summed E-state index contributed by atoms with van der Waals surface area (Å²) >= 11 is 3.43. The van der Waals surface area contributed by atoms with Crippen molar-refractivity contribution in [3.8, 4) is 11.5 Å². The first kappa shape index (κ1) is 23.9. The minimum Gasteiger partial charge on any atom is -0.493 e. The van der Waals surface area contributed by atoms with Gasteiger partial charge in [-0.2, -0.15) is 0 Å². The van der Waals surface area contributed by atoms with Crippen LogP contribution in [0.1, 0.15) is 38.9 Å². The van der Waals surface area contributed by atoms with Crippen molar-refractivity contribution in [3.63, 3.8) is 0 Å². The van der Waals surface area contributed by atoms with Crippen LogP contribution in [0.3, 0.4) is 0 Å². The first-order valence-corrected chi connectivity index (χ1v) is 12.2. The van der Waals surface area contributed by atoms with Crippen LogP contribution in [0.15, 0.2) is 80.9 Å². The number of aryl methyl sites for hydroxylation is 2. The molecule has 0 fully saturated rings. The van der Waals surface area contributed by atoms with Gasteiger partial charge in [0.05, 0.1) is 24.1 Å². The van der Waals surface area contributed by atoms with E-state index in [0.717, 1.165) is 15.6 Å². The minimum absolute atomic E-state index is 0.0454. The van der Waals surface area contributed by atoms with Crippen LogP contribution in [-0.4, -0.2) is 19.6 Å². The van der Waals surface area contributed by atoms with Gasteiger partial charge in [0.1, 0.15) is 12.2 Å². The topological polar surface area (TPSA) is 69.0 Å². The van der Waals surface area contributed by atoms with Crippen molar-refractivity contribution in [2.75, 3.05) is 18.6 Å². The number of ether oxygens (including phenoxy) is 2. The number of hydrogen-bond donors (Lipinski definition) is 0. The van der Waals surface area contributed by atoms with E-state index in [0.29, 0.717) is 45.9 Å². The summed E-state index contributed by atoms with van der Waals surface area (Å²) in [6, 6.07) is 15.7. The highest BCUT2D eigenvalue weighted by Crippen LogP contribution is 2.43. The highest BCUT2D eigenvalue weighted by atomic mass is 79.9. The Labute approximate surface area is 216 Å². The van der Waals surface area contributed by atoms with Crippen LogP contribution >= 0.6 is 15.9 Å². The van der Waals surface area contributed by atoms with E-state index >= 15 is 0 Å². The van der Waals surface area contributed by atoms with Crippen molar-refractivity contribution in [3.05, 3.63) is 110 Å². The highest BCUT2D eigenvalue weighted by molar-refractivity contribution is 9.10. The van der Waals surface area contributed by atoms with Gasteiger partial charge in [0.25, 0.3) is 5.91 Å². The Kier molecular flexibility index (Phi) is 6.18. The lowest BCUT2D eigenvalue weighted by Crippen LogP contribution is -2.29. The second kappa shape index (κ2) is 9.32. The minimum atomic E-state index is -0.711. The molecule has 1 amide bonds. The Bertz CT molecular complexity index is 1590. The Balaban J connectivity index is 1.77. The van der Waals surface area contributed by atoms with E-state index in [1.54, 1.807) is 48.4 Å². The van der Waals surface area contributed by atoms with Crippen LogP contribution in [0.25, 0.3) is 11.0 Å². The summed E-state index contributed by atoms with van der Waals surface area (Å²) in [4.78, 5) is 29.3. The van der Waals surface area contributed by atoms with Crippen molar-refractivity contribution in [2.24, 2.45) is 0 Å². The summed E-state index contributed by atoms with van der Waals surface area (Å²) in [5.74, 6) is 0.705. The molecule has 0 saturated heterocycles. The molecule has 6 nitrogen and oxygen atoms in total. The lowest BCUT2D eigenvalue weighted by Gasteiger charge is -2.26. The van der Waals surface area contributed by atoms with Gasteiger partial charge in [0, 0.05) is 10.2 Å². The van der Waals surface area contributed by atoms with E-state index in [1.165, 1.54) is 0 Å². The van der Waals surface area contributed by atoms with Gasteiger partial charge in [0.15, 0.2) is 16.9 Å². The molecule has 0 saturated carbocycles. The maximum Gasteiger partial charge on any atom is 0.295 e. The van der Waals surface area contributed by atoms with Gasteiger partial charge in [-0.1, -0.05) is 40.7 Å². The maximum absolute atomic E-state index is 13.8. The van der Waals surface area contributed by atoms with E-state index in [1.807, 2.05) is 38.1 Å². The Morgan fingerprint density at radius 1 is 1.03 bits per heavy atom. The van der Waals surface area contributed by atoms with Gasteiger partial charge in [0.2, 0.25) is 5.76 Å². The third-order valence-electron chi connectivity index (χ3n) is 6.46. The lowest BCUT2D eigenvalue weighted by molar-refractivity contribution is 0.0971. The molecule has 7 heteroatoms. The Hall–Kier alpha value is -3.84. The number of fused-ring (bicyclic) bond motifs is 2. The third-order valence-corrected chi connectivity index (χ3v) is 6.95. The monoisotopic (exact) mass is 545 g/mol. The molecule has 5 rings (SSSR count). The number of carbonyl (C=O) groups is 1. The fourth-order valence-corrected chi connectivity index (χ4v) is 4.89. The number of carbonyl (C=O) groups excluding carboxylic acids is 1. The van der Waals surface area contributed by atoms with E-state index in [9.17, 15) is 9.59 Å². The summed E-state index contributed by atoms with van der Waals surface area (Å²) in [6.07, 6.45) is 1.65. The first-order valence-electron chi connectivity index (χ1n) is 11.4. The zero-order valence-corrected chi connectivity index (χ0v) is 21.7. The number of halogens is 1. The van der Waals surface area contributed by atoms with Crippen LogP contribution in [0.2, 0.25) is 0 Å². The smallest absolute Gasteiger partial charge is 0.295 e. The molecule has 4 aromatic rings. The van der Waals surface area contributed by atoms with Gasteiger partial charge >= 0.3 is 0 Å². The zero-order valence-electron chi connectivity index (χ0n) is 20.1. The van der Waals surface area contributed by atoms with Gasteiger partial charge < -0.3 is 13.9 Å². The number of benzene rings is 3. The molecule has 0 aliphatic carbocycles. The molecule has 1 atom stereocenters. The van der Waals surface area contributed by atoms with Crippen molar-refractivity contribution in [1.82, 2.24) is 0 Å². The molecular weight excluding hydrogens is 522 g/mol. The van der Waals surface area contributed by atoms with E-state index < -0.39 is 6.04 Å². The number of rotatable bonds is 6. The SMILES string of the molecule is C=CCOc1ccc(C2c3c(oc4ccc(Br)cc4c3=O)C(=O)N2c2ccc(C)c(C)c2)cc1OC. The van der Waals surface area contributed by atoms with Gasteiger partial charge in [-0.25, -0.2) is 0 Å². The normalized spacial score (nSPS) is 14.7. The van der Waals surface area contributed by atoms with Gasteiger partial charge in [-0.05, 0) is 73.0 Å². The van der Waals surface area contributed by atoms with Crippen molar-refractivity contribution >= 4 is 38.5 Å². The summed E-state index contributed by atoms with van der Waals surface area (Å²) in [5.41, 5.74) is 3.93. The van der Waals surface area contributed by atoms with Crippen molar-refractivity contribution in [2.45, 2.75) is 19.9 Å². The molecule has 0 bridgehead atoms. The zero-order chi connectivity index (χ0) is 25.6. The summed E-state index contributed by atoms with van der Waals surface area (Å²) < 4.78 is 18.1. The van der Waals surface area contributed by atoms with Crippen LogP contribution < -0.4 is 19.8 Å². The number of anilines is 1. The van der Waals surface area contributed by atoms with Crippen LogP contribution in [0, 0.1) is 13.8 Å². The van der Waals surface area contributed by atoms with E-state index in [-0.39, 0.29) is 17.1 Å². The predicted molar refractivity (Wildman–Crippen MR) is 143 cm³/mol. The molecular formula is C29H24BrNO5. The fourth-order valence-electron chi connectivity index (χ4n) is 4.52. The second-order valence-electron chi connectivity index (χ2n) is 8.67. The summed E-state index contributed by atoms with van der Waals surface area (Å²) in [5, 5.41) is 0.403. The van der Waals surface area contributed by atoms with E-state index in [2.05, 4.69) is 22.5 Å². The number of methoxy groups -OCH3 is 1. The quantitative estimate of drug-likeness (QED) is 0.259. The van der Waals surface area contributed by atoms with Crippen LogP contribution in [0.4, 0.5) is 5.69 Å². The first-order chi connectivity index (χ1) is 17.3. The maximum atomic E-state index is 13.8. The lowest BCUT2D eigenvalue weighted by atomic mass is 9.97. The molecule has 0 radical (unpaired) electrons. The molecule has 1 unspecified atom stereocenters. The Morgan fingerprint density at radius 3 is 2.56 bits per heavy atom. The average molecular weight is 546 g/mol. The largest absolute Gasteiger partial charge is 0.493 e. The summed E-state index contributed by atoms with van der Waals surface area (Å²) in [7, 11) is 1.55.